The van der Waals surface area contributed by atoms with Crippen LogP contribution in [0.25, 0.3) is 0 Å². The lowest BCUT2D eigenvalue weighted by Crippen LogP contribution is -2.36. The highest BCUT2D eigenvalue weighted by Crippen LogP contribution is 2.25. The molecule has 1 saturated heterocycles. The van der Waals surface area contributed by atoms with E-state index in [9.17, 15) is 9.59 Å². The van der Waals surface area contributed by atoms with Gasteiger partial charge in [0.25, 0.3) is 0 Å². The van der Waals surface area contributed by atoms with E-state index in [1.807, 2.05) is 13.8 Å². The molecule has 0 aromatic rings. The fourth-order valence-corrected chi connectivity index (χ4v) is 2.35. The van der Waals surface area contributed by atoms with Crippen molar-refractivity contribution in [3.8, 4) is 0 Å². The third kappa shape index (κ3) is 4.67. The van der Waals surface area contributed by atoms with E-state index in [-0.39, 0.29) is 24.5 Å². The Bertz CT molecular complexity index is 299. The van der Waals surface area contributed by atoms with Crippen LogP contribution in [0.5, 0.6) is 0 Å². The average molecular weight is 255 g/mol. The van der Waals surface area contributed by atoms with Crippen LogP contribution in [0.15, 0.2) is 0 Å². The van der Waals surface area contributed by atoms with Crippen molar-refractivity contribution < 1.29 is 14.3 Å². The topological polar surface area (TPSA) is 46.6 Å². The zero-order valence-corrected chi connectivity index (χ0v) is 11.9. The summed E-state index contributed by atoms with van der Waals surface area (Å²) in [6.07, 6.45) is 2.35. The molecule has 1 aliphatic heterocycles. The maximum absolute atomic E-state index is 11.9. The predicted molar refractivity (Wildman–Crippen MR) is 70.0 cm³/mol. The molecule has 0 spiro atoms. The van der Waals surface area contributed by atoms with Crippen LogP contribution in [0.4, 0.5) is 0 Å². The molecule has 1 rings (SSSR count). The Hall–Kier alpha value is -1.06. The van der Waals surface area contributed by atoms with Crippen molar-refractivity contribution in [3.63, 3.8) is 0 Å². The molecule has 4 heteroatoms. The summed E-state index contributed by atoms with van der Waals surface area (Å²) < 4.78 is 5.08. The van der Waals surface area contributed by atoms with Crippen molar-refractivity contribution >= 4 is 11.9 Å². The van der Waals surface area contributed by atoms with Gasteiger partial charge in [0.1, 0.15) is 6.54 Å². The summed E-state index contributed by atoms with van der Waals surface area (Å²) >= 11 is 0. The minimum Gasteiger partial charge on any atom is -0.462 e. The second-order valence-corrected chi connectivity index (χ2v) is 5.69. The number of rotatable bonds is 4. The summed E-state index contributed by atoms with van der Waals surface area (Å²) in [5, 5.41) is 0. The number of carbonyl (C=O) groups excluding carboxylic acids is 2. The van der Waals surface area contributed by atoms with Gasteiger partial charge in [-0.25, -0.2) is 0 Å². The molecule has 18 heavy (non-hydrogen) atoms. The Morgan fingerprint density at radius 1 is 1.33 bits per heavy atom. The maximum atomic E-state index is 11.9. The van der Waals surface area contributed by atoms with Crippen LogP contribution in [-0.4, -0.2) is 36.0 Å². The molecule has 0 aliphatic carbocycles. The van der Waals surface area contributed by atoms with Gasteiger partial charge in [-0.1, -0.05) is 13.8 Å². The van der Waals surface area contributed by atoms with Crippen molar-refractivity contribution in [2.45, 2.75) is 53.1 Å². The van der Waals surface area contributed by atoms with Crippen LogP contribution in [0.3, 0.4) is 0 Å². The zero-order valence-electron chi connectivity index (χ0n) is 11.9. The second-order valence-electron chi connectivity index (χ2n) is 5.69. The summed E-state index contributed by atoms with van der Waals surface area (Å²) in [6.45, 7) is 8.79. The van der Waals surface area contributed by atoms with Gasteiger partial charge in [-0.2, -0.15) is 0 Å². The first kappa shape index (κ1) is 15.0. The summed E-state index contributed by atoms with van der Waals surface area (Å²) in [4.78, 5) is 25.1. The first-order chi connectivity index (χ1) is 8.40. The molecular formula is C14H25NO3. The fraction of sp³-hybridized carbons (Fsp3) is 0.857. The van der Waals surface area contributed by atoms with Gasteiger partial charge in [0, 0.05) is 13.0 Å². The van der Waals surface area contributed by atoms with E-state index in [1.165, 1.54) is 0 Å². The number of hydrogen-bond donors (Lipinski definition) is 0. The largest absolute Gasteiger partial charge is 0.462 e. The van der Waals surface area contributed by atoms with Gasteiger partial charge in [-0.05, 0) is 38.5 Å². The first-order valence-corrected chi connectivity index (χ1v) is 6.87. The molecule has 0 aromatic heterocycles. The minimum absolute atomic E-state index is 0.0823. The van der Waals surface area contributed by atoms with E-state index in [0.29, 0.717) is 24.8 Å². The predicted octanol–water partition coefficient (Wildman–Crippen LogP) is 2.22. The molecule has 0 bridgehead atoms. The van der Waals surface area contributed by atoms with Gasteiger partial charge in [0.2, 0.25) is 5.91 Å². The third-order valence-electron chi connectivity index (χ3n) is 3.48. The van der Waals surface area contributed by atoms with Crippen LogP contribution in [-0.2, 0) is 14.3 Å². The highest BCUT2D eigenvalue weighted by atomic mass is 16.5. The molecule has 0 saturated carbocycles. The molecule has 1 fully saturated rings. The van der Waals surface area contributed by atoms with Gasteiger partial charge in [-0.15, -0.1) is 0 Å². The van der Waals surface area contributed by atoms with Gasteiger partial charge in [0.05, 0.1) is 6.10 Å². The lowest BCUT2D eigenvalue weighted by atomic mass is 9.89. The lowest BCUT2D eigenvalue weighted by Gasteiger charge is -2.21. The van der Waals surface area contributed by atoms with Crippen molar-refractivity contribution in [3.05, 3.63) is 0 Å². The fourth-order valence-electron chi connectivity index (χ4n) is 2.35. The highest BCUT2D eigenvalue weighted by Gasteiger charge is 2.25. The number of carbonyl (C=O) groups is 2. The number of hydrogen-bond acceptors (Lipinski definition) is 3. The maximum Gasteiger partial charge on any atom is 0.325 e. The van der Waals surface area contributed by atoms with E-state index in [0.717, 1.165) is 12.8 Å². The van der Waals surface area contributed by atoms with E-state index in [4.69, 9.17) is 4.74 Å². The van der Waals surface area contributed by atoms with E-state index < -0.39 is 0 Å². The summed E-state index contributed by atoms with van der Waals surface area (Å²) in [7, 11) is 0. The van der Waals surface area contributed by atoms with Crippen LogP contribution >= 0.6 is 0 Å². The van der Waals surface area contributed by atoms with Gasteiger partial charge >= 0.3 is 5.97 Å². The van der Waals surface area contributed by atoms with E-state index in [2.05, 4.69) is 13.8 Å². The summed E-state index contributed by atoms with van der Waals surface area (Å²) in [5.41, 5.74) is 0. The molecule has 4 nitrogen and oxygen atoms in total. The lowest BCUT2D eigenvalue weighted by molar-refractivity contribution is -0.152. The van der Waals surface area contributed by atoms with Crippen LogP contribution in [0.1, 0.15) is 47.0 Å². The number of likely N-dealkylation sites (tertiary alicyclic amines) is 1. The molecule has 1 atom stereocenters. The normalized spacial score (nSPS) is 21.3. The van der Waals surface area contributed by atoms with Crippen LogP contribution in [0, 0.1) is 11.8 Å². The van der Waals surface area contributed by atoms with Crippen LogP contribution < -0.4 is 0 Å². The monoisotopic (exact) mass is 255 g/mol. The van der Waals surface area contributed by atoms with Crippen molar-refractivity contribution in [1.29, 1.82) is 0 Å². The molecular weight excluding hydrogens is 230 g/mol. The second kappa shape index (κ2) is 6.76. The molecule has 0 radical (unpaired) electrons. The quantitative estimate of drug-likeness (QED) is 0.724. The van der Waals surface area contributed by atoms with Gasteiger partial charge in [0.15, 0.2) is 0 Å². The summed E-state index contributed by atoms with van der Waals surface area (Å²) in [6, 6.07) is 0. The van der Waals surface area contributed by atoms with Crippen LogP contribution in [0.2, 0.25) is 0 Å². The Morgan fingerprint density at radius 2 is 2.00 bits per heavy atom. The van der Waals surface area contributed by atoms with E-state index >= 15 is 0 Å². The number of esters is 1. The van der Waals surface area contributed by atoms with Crippen molar-refractivity contribution in [2.75, 3.05) is 13.1 Å². The first-order valence-electron chi connectivity index (χ1n) is 6.87. The van der Waals surface area contributed by atoms with Crippen molar-refractivity contribution in [1.82, 2.24) is 4.90 Å². The molecule has 0 aromatic carbocycles. The number of amides is 1. The Balaban J connectivity index is 2.50. The highest BCUT2D eigenvalue weighted by molar-refractivity contribution is 5.82. The molecule has 104 valence electrons. The molecule has 1 unspecified atom stereocenters. The molecule has 1 aliphatic rings. The molecule has 1 heterocycles. The molecule has 1 amide bonds. The van der Waals surface area contributed by atoms with Crippen molar-refractivity contribution in [2.24, 2.45) is 11.8 Å². The Labute approximate surface area is 110 Å². The third-order valence-corrected chi connectivity index (χ3v) is 3.48. The van der Waals surface area contributed by atoms with Gasteiger partial charge < -0.3 is 9.64 Å². The SMILES string of the molecule is CC(C)OC(=O)CN1CCC(C(C)C)CCC1=O. The zero-order chi connectivity index (χ0) is 13.7. The number of nitrogens with zero attached hydrogens (tertiary/aromatic N) is 1. The standard InChI is InChI=1S/C14H25NO3/c1-10(2)12-5-6-13(16)15(8-7-12)9-14(17)18-11(3)4/h10-12H,5-9H2,1-4H3. The average Bonchev–Trinajstić information content (AvgIpc) is 2.41. The van der Waals surface area contributed by atoms with E-state index in [1.54, 1.807) is 4.90 Å². The number of ether oxygens (including phenoxy) is 1. The summed E-state index contributed by atoms with van der Waals surface area (Å²) in [5.74, 6) is 0.959. The molecule has 0 N–H and O–H groups in total. The minimum atomic E-state index is -0.304. The Kier molecular flexibility index (Phi) is 5.63. The Morgan fingerprint density at radius 3 is 2.56 bits per heavy atom. The van der Waals surface area contributed by atoms with Gasteiger partial charge in [-0.3, -0.25) is 9.59 Å². The smallest absolute Gasteiger partial charge is 0.325 e.